The molecule has 1 fully saturated rings. The van der Waals surface area contributed by atoms with Gasteiger partial charge in [-0.15, -0.1) is 0 Å². The minimum atomic E-state index is -0.229. The molecule has 2 rings (SSSR count). The molecular weight excluding hydrogens is 252 g/mol. The molecule has 1 saturated carbocycles. The first-order valence-corrected chi connectivity index (χ1v) is 6.81. The van der Waals surface area contributed by atoms with Gasteiger partial charge < -0.3 is 15.5 Å². The fourth-order valence-electron chi connectivity index (χ4n) is 2.29. The second-order valence-electron chi connectivity index (χ2n) is 5.40. The Morgan fingerprint density at radius 3 is 2.85 bits per heavy atom. The third-order valence-corrected chi connectivity index (χ3v) is 3.55. The molecule has 2 amide bonds. The molecule has 0 spiro atoms. The number of nitriles is 1. The van der Waals surface area contributed by atoms with Crippen molar-refractivity contribution in [1.29, 1.82) is 5.26 Å². The summed E-state index contributed by atoms with van der Waals surface area (Å²) in [6, 6.07) is 9.10. The maximum atomic E-state index is 11.9. The van der Waals surface area contributed by atoms with Gasteiger partial charge in [-0.25, -0.2) is 4.79 Å². The molecule has 5 nitrogen and oxygen atoms in total. The standard InChI is InChI=1S/C15H20N4O/c1-19(2)14(12-6-7-12)10-17-15(20)18-13-5-3-4-11(8-13)9-16/h3-5,8,12,14H,6-7,10H2,1-2H3,(H2,17,18,20)/t14-/m1/s1. The molecule has 0 aromatic heterocycles. The molecule has 1 aliphatic carbocycles. The topological polar surface area (TPSA) is 68.2 Å². The molecule has 1 aromatic rings. The molecule has 2 N–H and O–H groups in total. The summed E-state index contributed by atoms with van der Waals surface area (Å²) in [6.07, 6.45) is 2.49. The van der Waals surface area contributed by atoms with Gasteiger partial charge in [-0.3, -0.25) is 0 Å². The predicted octanol–water partition coefficient (Wildman–Crippen LogP) is 2.02. The molecule has 0 aliphatic heterocycles. The van der Waals surface area contributed by atoms with Crippen molar-refractivity contribution in [3.05, 3.63) is 29.8 Å². The van der Waals surface area contributed by atoms with Gasteiger partial charge in [-0.1, -0.05) is 6.07 Å². The maximum absolute atomic E-state index is 11.9. The van der Waals surface area contributed by atoms with E-state index < -0.39 is 0 Å². The Morgan fingerprint density at radius 2 is 2.25 bits per heavy atom. The van der Waals surface area contributed by atoms with E-state index in [2.05, 4.69) is 21.6 Å². The fourth-order valence-corrected chi connectivity index (χ4v) is 2.29. The molecule has 0 heterocycles. The normalized spacial score (nSPS) is 15.5. The summed E-state index contributed by atoms with van der Waals surface area (Å²) >= 11 is 0. The van der Waals surface area contributed by atoms with E-state index >= 15 is 0 Å². The average Bonchev–Trinajstić information content (AvgIpc) is 3.23. The first-order valence-electron chi connectivity index (χ1n) is 6.81. The third-order valence-electron chi connectivity index (χ3n) is 3.55. The van der Waals surface area contributed by atoms with Gasteiger partial charge in [-0.05, 0) is 51.1 Å². The van der Waals surface area contributed by atoms with Gasteiger partial charge in [0.1, 0.15) is 0 Å². The highest BCUT2D eigenvalue weighted by atomic mass is 16.2. The Kier molecular flexibility index (Phi) is 4.59. The van der Waals surface area contributed by atoms with Crippen LogP contribution >= 0.6 is 0 Å². The van der Waals surface area contributed by atoms with Crippen LogP contribution in [0.15, 0.2) is 24.3 Å². The second kappa shape index (κ2) is 6.40. The summed E-state index contributed by atoms with van der Waals surface area (Å²) < 4.78 is 0. The van der Waals surface area contributed by atoms with Crippen molar-refractivity contribution in [1.82, 2.24) is 10.2 Å². The number of carbonyl (C=O) groups is 1. The van der Waals surface area contributed by atoms with Gasteiger partial charge in [-0.2, -0.15) is 5.26 Å². The fraction of sp³-hybridized carbons (Fsp3) is 0.467. The van der Waals surface area contributed by atoms with Gasteiger partial charge in [0.2, 0.25) is 0 Å². The summed E-state index contributed by atoms with van der Waals surface area (Å²) in [4.78, 5) is 14.0. The predicted molar refractivity (Wildman–Crippen MR) is 78.4 cm³/mol. The van der Waals surface area contributed by atoms with E-state index in [0.717, 1.165) is 0 Å². The lowest BCUT2D eigenvalue weighted by Gasteiger charge is -2.24. The zero-order valence-electron chi connectivity index (χ0n) is 11.9. The molecule has 0 bridgehead atoms. The van der Waals surface area contributed by atoms with Crippen LogP contribution in [0.1, 0.15) is 18.4 Å². The number of likely N-dealkylation sites (N-methyl/N-ethyl adjacent to an activating group) is 1. The Balaban J connectivity index is 1.84. The minimum Gasteiger partial charge on any atom is -0.336 e. The van der Waals surface area contributed by atoms with E-state index in [0.29, 0.717) is 29.8 Å². The van der Waals surface area contributed by atoms with Crippen LogP contribution in [0.2, 0.25) is 0 Å². The van der Waals surface area contributed by atoms with Gasteiger partial charge in [0, 0.05) is 18.3 Å². The van der Waals surface area contributed by atoms with Crippen molar-refractivity contribution in [2.45, 2.75) is 18.9 Å². The van der Waals surface area contributed by atoms with E-state index in [1.165, 1.54) is 12.8 Å². The second-order valence-corrected chi connectivity index (χ2v) is 5.40. The quantitative estimate of drug-likeness (QED) is 0.861. The van der Waals surface area contributed by atoms with E-state index in [1.807, 2.05) is 14.1 Å². The first-order chi connectivity index (χ1) is 9.60. The van der Waals surface area contributed by atoms with Crippen LogP contribution < -0.4 is 10.6 Å². The van der Waals surface area contributed by atoms with Crippen LogP contribution in [-0.4, -0.2) is 37.6 Å². The molecule has 1 aromatic carbocycles. The number of benzene rings is 1. The SMILES string of the molecule is CN(C)[C@H](CNC(=O)Nc1cccc(C#N)c1)C1CC1. The van der Waals surface area contributed by atoms with Gasteiger partial charge in [0.05, 0.1) is 11.6 Å². The highest BCUT2D eigenvalue weighted by molar-refractivity contribution is 5.89. The number of carbonyl (C=O) groups excluding carboxylic acids is 1. The van der Waals surface area contributed by atoms with Crippen LogP contribution in [0.4, 0.5) is 10.5 Å². The molecule has 0 unspecified atom stereocenters. The Morgan fingerprint density at radius 1 is 1.50 bits per heavy atom. The lowest BCUT2D eigenvalue weighted by atomic mass is 10.1. The summed E-state index contributed by atoms with van der Waals surface area (Å²) in [5, 5.41) is 14.5. The zero-order chi connectivity index (χ0) is 14.5. The van der Waals surface area contributed by atoms with Gasteiger partial charge >= 0.3 is 6.03 Å². The van der Waals surface area contributed by atoms with Crippen molar-refractivity contribution in [3.8, 4) is 6.07 Å². The molecule has 0 saturated heterocycles. The van der Waals surface area contributed by atoms with Gasteiger partial charge in [0.25, 0.3) is 0 Å². The lowest BCUT2D eigenvalue weighted by Crippen LogP contribution is -2.43. The van der Waals surface area contributed by atoms with Crippen LogP contribution in [0.5, 0.6) is 0 Å². The van der Waals surface area contributed by atoms with Crippen LogP contribution in [-0.2, 0) is 0 Å². The number of amides is 2. The van der Waals surface area contributed by atoms with Crippen molar-refractivity contribution in [2.24, 2.45) is 5.92 Å². The number of hydrogen-bond donors (Lipinski definition) is 2. The molecule has 20 heavy (non-hydrogen) atoms. The molecule has 1 aliphatic rings. The molecule has 5 heteroatoms. The number of hydrogen-bond acceptors (Lipinski definition) is 3. The highest BCUT2D eigenvalue weighted by Gasteiger charge is 2.32. The van der Waals surface area contributed by atoms with Crippen molar-refractivity contribution >= 4 is 11.7 Å². The van der Waals surface area contributed by atoms with Gasteiger partial charge in [0.15, 0.2) is 0 Å². The van der Waals surface area contributed by atoms with E-state index in [-0.39, 0.29) is 6.03 Å². The number of urea groups is 1. The smallest absolute Gasteiger partial charge is 0.319 e. The lowest BCUT2D eigenvalue weighted by molar-refractivity contribution is 0.235. The monoisotopic (exact) mass is 272 g/mol. The zero-order valence-corrected chi connectivity index (χ0v) is 11.9. The number of nitrogens with one attached hydrogen (secondary N) is 2. The molecular formula is C15H20N4O. The Labute approximate surface area is 119 Å². The third kappa shape index (κ3) is 3.97. The highest BCUT2D eigenvalue weighted by Crippen LogP contribution is 2.34. The largest absolute Gasteiger partial charge is 0.336 e. The number of nitrogens with zero attached hydrogens (tertiary/aromatic N) is 2. The Bertz CT molecular complexity index is 515. The summed E-state index contributed by atoms with van der Waals surface area (Å²) in [5.41, 5.74) is 1.17. The number of rotatable bonds is 5. The average molecular weight is 272 g/mol. The molecule has 106 valence electrons. The van der Waals surface area contributed by atoms with E-state index in [9.17, 15) is 4.79 Å². The van der Waals surface area contributed by atoms with Crippen LogP contribution in [0.3, 0.4) is 0 Å². The number of anilines is 1. The van der Waals surface area contributed by atoms with Crippen LogP contribution in [0.25, 0.3) is 0 Å². The summed E-state index contributed by atoms with van der Waals surface area (Å²) in [7, 11) is 4.08. The molecule has 1 atom stereocenters. The van der Waals surface area contributed by atoms with Crippen molar-refractivity contribution < 1.29 is 4.79 Å². The maximum Gasteiger partial charge on any atom is 0.319 e. The van der Waals surface area contributed by atoms with Crippen LogP contribution in [0, 0.1) is 17.2 Å². The van der Waals surface area contributed by atoms with E-state index in [1.54, 1.807) is 24.3 Å². The summed E-state index contributed by atoms with van der Waals surface area (Å²) in [6.45, 7) is 0.640. The Hall–Kier alpha value is -2.06. The minimum absolute atomic E-state index is 0.229. The molecule has 0 radical (unpaired) electrons. The first kappa shape index (κ1) is 14.4. The van der Waals surface area contributed by atoms with E-state index in [4.69, 9.17) is 5.26 Å². The summed E-state index contributed by atoms with van der Waals surface area (Å²) in [5.74, 6) is 0.701. The van der Waals surface area contributed by atoms with Crippen molar-refractivity contribution in [3.63, 3.8) is 0 Å². The van der Waals surface area contributed by atoms with Crippen molar-refractivity contribution in [2.75, 3.05) is 26.0 Å².